The second-order valence-corrected chi connectivity index (χ2v) is 5.57. The zero-order chi connectivity index (χ0) is 14.8. The number of hydrogen-bond donors (Lipinski definition) is 1. The quantitative estimate of drug-likeness (QED) is 0.749. The molecule has 0 radical (unpaired) electrons. The summed E-state index contributed by atoms with van der Waals surface area (Å²) in [5.74, 6) is 0.623. The average molecular weight is 348 g/mol. The largest absolute Gasteiger partial charge is 0.375 e. The number of rotatable bonds is 4. The topological polar surface area (TPSA) is 29.9 Å². The van der Waals surface area contributed by atoms with Gasteiger partial charge in [0.15, 0.2) is 0 Å². The Kier molecular flexibility index (Phi) is 3.92. The van der Waals surface area contributed by atoms with Gasteiger partial charge in [-0.1, -0.05) is 18.2 Å². The monoisotopic (exact) mass is 347 g/mol. The van der Waals surface area contributed by atoms with Crippen molar-refractivity contribution < 1.29 is 4.39 Å². The van der Waals surface area contributed by atoms with Crippen molar-refractivity contribution in [2.24, 2.45) is 0 Å². The summed E-state index contributed by atoms with van der Waals surface area (Å²) >= 11 is 3.36. The van der Waals surface area contributed by atoms with Crippen LogP contribution in [-0.4, -0.2) is 9.55 Å². The van der Waals surface area contributed by atoms with Gasteiger partial charge in [0.25, 0.3) is 0 Å². The lowest BCUT2D eigenvalue weighted by Gasteiger charge is -2.10. The van der Waals surface area contributed by atoms with E-state index in [-0.39, 0.29) is 5.82 Å². The predicted molar refractivity (Wildman–Crippen MR) is 86.8 cm³/mol. The van der Waals surface area contributed by atoms with Crippen LogP contribution >= 0.6 is 15.9 Å². The molecule has 0 aliphatic carbocycles. The molecule has 3 nitrogen and oxygen atoms in total. The molecule has 0 aliphatic rings. The van der Waals surface area contributed by atoms with E-state index in [1.807, 2.05) is 30.3 Å². The van der Waals surface area contributed by atoms with Crippen molar-refractivity contribution in [2.75, 3.05) is 5.32 Å². The number of benzene rings is 2. The normalized spacial score (nSPS) is 11.0. The van der Waals surface area contributed by atoms with Crippen molar-refractivity contribution in [3.63, 3.8) is 0 Å². The summed E-state index contributed by atoms with van der Waals surface area (Å²) in [6.45, 7) is 3.38. The number of nitrogens with one attached hydrogen (secondary N) is 1. The van der Waals surface area contributed by atoms with E-state index < -0.39 is 0 Å². The van der Waals surface area contributed by atoms with Crippen molar-refractivity contribution in [3.05, 3.63) is 58.6 Å². The maximum Gasteiger partial charge on any atom is 0.147 e. The van der Waals surface area contributed by atoms with Crippen molar-refractivity contribution >= 4 is 32.7 Å². The summed E-state index contributed by atoms with van der Waals surface area (Å²) in [4.78, 5) is 4.62. The predicted octanol–water partition coefficient (Wildman–Crippen LogP) is 4.57. The molecule has 2 aromatic carbocycles. The maximum atomic E-state index is 13.8. The number of imidazole rings is 1. The van der Waals surface area contributed by atoms with Crippen molar-refractivity contribution in [1.82, 2.24) is 9.55 Å². The van der Waals surface area contributed by atoms with Crippen LogP contribution in [-0.2, 0) is 13.1 Å². The first kappa shape index (κ1) is 14.1. The first-order chi connectivity index (χ1) is 10.2. The molecule has 108 valence electrons. The molecule has 1 N–H and O–H groups in total. The second kappa shape index (κ2) is 5.85. The molecular formula is C16H15BrFN3. The minimum Gasteiger partial charge on any atom is -0.375 e. The fraction of sp³-hybridized carbons (Fsp3) is 0.188. The maximum absolute atomic E-state index is 13.8. The molecule has 0 amide bonds. The molecule has 0 fully saturated rings. The van der Waals surface area contributed by atoms with Crippen molar-refractivity contribution in [1.29, 1.82) is 0 Å². The van der Waals surface area contributed by atoms with E-state index in [4.69, 9.17) is 0 Å². The lowest BCUT2D eigenvalue weighted by atomic mass is 10.3. The molecule has 1 aromatic heterocycles. The highest BCUT2D eigenvalue weighted by Crippen LogP contribution is 2.26. The first-order valence-corrected chi connectivity index (χ1v) is 7.62. The number of aromatic nitrogens is 2. The molecule has 21 heavy (non-hydrogen) atoms. The number of para-hydroxylation sites is 3. The third kappa shape index (κ3) is 2.65. The Morgan fingerprint density at radius 1 is 1.19 bits per heavy atom. The summed E-state index contributed by atoms with van der Waals surface area (Å²) in [7, 11) is 0. The lowest BCUT2D eigenvalue weighted by Crippen LogP contribution is -2.09. The molecule has 3 rings (SSSR count). The van der Waals surface area contributed by atoms with Gasteiger partial charge in [-0.3, -0.25) is 0 Å². The number of nitrogens with zero attached hydrogens (tertiary/aromatic N) is 2. The van der Waals surface area contributed by atoms with Crippen LogP contribution in [0.4, 0.5) is 10.1 Å². The molecule has 1 heterocycles. The lowest BCUT2D eigenvalue weighted by molar-refractivity contribution is 0.628. The highest BCUT2D eigenvalue weighted by molar-refractivity contribution is 9.10. The summed E-state index contributed by atoms with van der Waals surface area (Å²) < 4.78 is 16.7. The van der Waals surface area contributed by atoms with Crippen LogP contribution < -0.4 is 5.32 Å². The number of aryl methyl sites for hydroxylation is 1. The SMILES string of the molecule is CCn1c(CNc2c(F)cccc2Br)nc2ccccc21. The molecular weight excluding hydrogens is 333 g/mol. The van der Waals surface area contributed by atoms with Crippen molar-refractivity contribution in [3.8, 4) is 0 Å². The zero-order valence-corrected chi connectivity index (χ0v) is 13.2. The third-order valence-electron chi connectivity index (χ3n) is 3.44. The van der Waals surface area contributed by atoms with Crippen LogP contribution in [0.1, 0.15) is 12.7 Å². The number of anilines is 1. The minimum atomic E-state index is -0.275. The third-order valence-corrected chi connectivity index (χ3v) is 4.10. The van der Waals surface area contributed by atoms with E-state index in [0.29, 0.717) is 16.7 Å². The average Bonchev–Trinajstić information content (AvgIpc) is 2.84. The van der Waals surface area contributed by atoms with E-state index in [1.165, 1.54) is 6.07 Å². The smallest absolute Gasteiger partial charge is 0.147 e. The molecule has 0 spiro atoms. The van der Waals surface area contributed by atoms with Crippen LogP contribution in [0.15, 0.2) is 46.9 Å². The molecule has 0 aliphatic heterocycles. The van der Waals surface area contributed by atoms with Crippen LogP contribution in [0.5, 0.6) is 0 Å². The van der Waals surface area contributed by atoms with Gasteiger partial charge in [0, 0.05) is 11.0 Å². The Bertz CT molecular complexity index is 762. The molecule has 0 saturated carbocycles. The van der Waals surface area contributed by atoms with Crippen LogP contribution in [0.2, 0.25) is 0 Å². The Labute approximate surface area is 130 Å². The Balaban J connectivity index is 1.92. The van der Waals surface area contributed by atoms with Gasteiger partial charge >= 0.3 is 0 Å². The zero-order valence-electron chi connectivity index (χ0n) is 11.6. The van der Waals surface area contributed by atoms with E-state index in [9.17, 15) is 4.39 Å². The Hall–Kier alpha value is -1.88. The first-order valence-electron chi connectivity index (χ1n) is 6.82. The van der Waals surface area contributed by atoms with Gasteiger partial charge in [-0.2, -0.15) is 0 Å². The second-order valence-electron chi connectivity index (χ2n) is 4.71. The van der Waals surface area contributed by atoms with Gasteiger partial charge in [0.2, 0.25) is 0 Å². The van der Waals surface area contributed by atoms with E-state index in [1.54, 1.807) is 6.07 Å². The minimum absolute atomic E-state index is 0.275. The molecule has 0 saturated heterocycles. The van der Waals surface area contributed by atoms with Gasteiger partial charge < -0.3 is 9.88 Å². The van der Waals surface area contributed by atoms with Gasteiger partial charge in [0.1, 0.15) is 11.6 Å². The molecule has 0 bridgehead atoms. The molecule has 3 aromatic rings. The Morgan fingerprint density at radius 3 is 2.76 bits per heavy atom. The highest BCUT2D eigenvalue weighted by Gasteiger charge is 2.11. The standard InChI is InChI=1S/C16H15BrFN3/c1-2-21-14-9-4-3-8-13(14)20-15(21)10-19-16-11(17)6-5-7-12(16)18/h3-9,19H,2,10H2,1H3. The highest BCUT2D eigenvalue weighted by atomic mass is 79.9. The molecule has 0 unspecified atom stereocenters. The summed E-state index contributed by atoms with van der Waals surface area (Å²) in [6.07, 6.45) is 0. The fourth-order valence-corrected chi connectivity index (χ4v) is 2.93. The van der Waals surface area contributed by atoms with Crippen molar-refractivity contribution in [2.45, 2.75) is 20.0 Å². The van der Waals surface area contributed by atoms with Gasteiger partial charge in [-0.15, -0.1) is 0 Å². The molecule has 5 heteroatoms. The van der Waals surface area contributed by atoms with Crippen LogP contribution in [0, 0.1) is 5.82 Å². The van der Waals surface area contributed by atoms with E-state index >= 15 is 0 Å². The van der Waals surface area contributed by atoms with Gasteiger partial charge in [-0.25, -0.2) is 9.37 Å². The number of hydrogen-bond acceptors (Lipinski definition) is 2. The fourth-order valence-electron chi connectivity index (χ4n) is 2.45. The van der Waals surface area contributed by atoms with Gasteiger partial charge in [0.05, 0.1) is 23.3 Å². The van der Waals surface area contributed by atoms with Gasteiger partial charge in [-0.05, 0) is 47.1 Å². The molecule has 0 atom stereocenters. The summed E-state index contributed by atoms with van der Waals surface area (Å²) in [6, 6.07) is 12.9. The number of fused-ring (bicyclic) bond motifs is 1. The van der Waals surface area contributed by atoms with Crippen LogP contribution in [0.25, 0.3) is 11.0 Å². The van der Waals surface area contributed by atoms with E-state index in [2.05, 4.69) is 37.7 Å². The van der Waals surface area contributed by atoms with E-state index in [0.717, 1.165) is 23.4 Å². The van der Waals surface area contributed by atoms with Crippen LogP contribution in [0.3, 0.4) is 0 Å². The summed E-state index contributed by atoms with van der Waals surface area (Å²) in [5.41, 5.74) is 2.53. The summed E-state index contributed by atoms with van der Waals surface area (Å²) in [5, 5.41) is 3.13. The Morgan fingerprint density at radius 2 is 2.00 bits per heavy atom. The number of halogens is 2.